The van der Waals surface area contributed by atoms with Gasteiger partial charge in [-0.05, 0) is 34.0 Å². The maximum Gasteiger partial charge on any atom is 0.407 e. The zero-order valence-electron chi connectivity index (χ0n) is 13.9. The van der Waals surface area contributed by atoms with Crippen LogP contribution in [0.5, 0.6) is 0 Å². The third-order valence-electron chi connectivity index (χ3n) is 4.88. The van der Waals surface area contributed by atoms with E-state index in [9.17, 15) is 4.79 Å². The van der Waals surface area contributed by atoms with Crippen LogP contribution < -0.4 is 4.90 Å². The van der Waals surface area contributed by atoms with Gasteiger partial charge in [-0.25, -0.2) is 4.79 Å². The monoisotopic (exact) mass is 332 g/mol. The fourth-order valence-corrected chi connectivity index (χ4v) is 3.48. The van der Waals surface area contributed by atoms with Crippen molar-refractivity contribution in [1.29, 1.82) is 0 Å². The van der Waals surface area contributed by atoms with Gasteiger partial charge in [0.1, 0.15) is 0 Å². The average molecular weight is 332 g/mol. The van der Waals surface area contributed by atoms with Crippen molar-refractivity contribution in [3.8, 4) is 11.1 Å². The number of carbonyl (C=O) groups is 1. The number of rotatable bonds is 2. The third kappa shape index (κ3) is 3.03. The van der Waals surface area contributed by atoms with Gasteiger partial charge in [-0.3, -0.25) is 0 Å². The van der Waals surface area contributed by atoms with E-state index in [0.717, 1.165) is 18.8 Å². The first-order chi connectivity index (χ1) is 12.2. The summed E-state index contributed by atoms with van der Waals surface area (Å²) >= 11 is 0. The second-order valence-electron chi connectivity index (χ2n) is 6.33. The Labute approximate surface area is 146 Å². The molecule has 1 saturated heterocycles. The summed E-state index contributed by atoms with van der Waals surface area (Å²) in [6.07, 6.45) is -0.828. The Hall–Kier alpha value is -3.01. The van der Waals surface area contributed by atoms with Gasteiger partial charge < -0.3 is 14.9 Å². The molecule has 0 unspecified atom stereocenters. The Bertz CT molecular complexity index is 892. The Balaban J connectivity index is 1.57. The first kappa shape index (κ1) is 15.5. The molecule has 0 atom stereocenters. The number of hydrogen-bond donors (Lipinski definition) is 1. The van der Waals surface area contributed by atoms with Crippen molar-refractivity contribution in [2.75, 3.05) is 31.1 Å². The van der Waals surface area contributed by atoms with Crippen molar-refractivity contribution < 1.29 is 9.90 Å². The van der Waals surface area contributed by atoms with Crippen LogP contribution in [0.15, 0.2) is 66.7 Å². The van der Waals surface area contributed by atoms with E-state index >= 15 is 0 Å². The SMILES string of the molecule is O=C(O)N1CCN(c2ccc(-c3cccc4ccccc34)cc2)CC1. The van der Waals surface area contributed by atoms with E-state index in [1.54, 1.807) is 0 Å². The normalized spacial score (nSPS) is 14.7. The number of piperazine rings is 1. The molecule has 1 aliphatic rings. The number of carboxylic acid groups (broad SMARTS) is 1. The summed E-state index contributed by atoms with van der Waals surface area (Å²) in [4.78, 5) is 14.7. The van der Waals surface area contributed by atoms with Crippen LogP contribution in [-0.2, 0) is 0 Å². The standard InChI is InChI=1S/C21H20N2O2/c24-21(25)23-14-12-22(13-15-23)18-10-8-17(9-11-18)20-7-3-5-16-4-1-2-6-19(16)20/h1-11H,12-15H2,(H,24,25). The van der Waals surface area contributed by atoms with Crippen molar-refractivity contribution in [2.45, 2.75) is 0 Å². The summed E-state index contributed by atoms with van der Waals surface area (Å²) in [6.45, 7) is 2.58. The van der Waals surface area contributed by atoms with Crippen LogP contribution in [0.2, 0.25) is 0 Å². The summed E-state index contributed by atoms with van der Waals surface area (Å²) in [5, 5.41) is 11.6. The van der Waals surface area contributed by atoms with Crippen LogP contribution in [0, 0.1) is 0 Å². The Morgan fingerprint density at radius 3 is 2.20 bits per heavy atom. The first-order valence-electron chi connectivity index (χ1n) is 8.53. The van der Waals surface area contributed by atoms with Crippen LogP contribution in [0.1, 0.15) is 0 Å². The first-order valence-corrected chi connectivity index (χ1v) is 8.53. The predicted octanol–water partition coefficient (Wildman–Crippen LogP) is 4.31. The molecule has 0 spiro atoms. The molecule has 0 aliphatic carbocycles. The molecule has 4 heteroatoms. The fourth-order valence-electron chi connectivity index (χ4n) is 3.48. The molecule has 25 heavy (non-hydrogen) atoms. The number of nitrogens with zero attached hydrogens (tertiary/aromatic N) is 2. The number of benzene rings is 3. The Morgan fingerprint density at radius 2 is 1.48 bits per heavy atom. The van der Waals surface area contributed by atoms with Crippen LogP contribution >= 0.6 is 0 Å². The van der Waals surface area contributed by atoms with E-state index in [2.05, 4.69) is 71.6 Å². The fraction of sp³-hybridized carbons (Fsp3) is 0.190. The number of fused-ring (bicyclic) bond motifs is 1. The van der Waals surface area contributed by atoms with Crippen molar-refractivity contribution in [3.63, 3.8) is 0 Å². The lowest BCUT2D eigenvalue weighted by atomic mass is 9.98. The molecule has 1 N–H and O–H groups in total. The molecule has 126 valence electrons. The maximum absolute atomic E-state index is 11.0. The highest BCUT2D eigenvalue weighted by Crippen LogP contribution is 2.30. The Morgan fingerprint density at radius 1 is 0.800 bits per heavy atom. The van der Waals surface area contributed by atoms with E-state index < -0.39 is 6.09 Å². The summed E-state index contributed by atoms with van der Waals surface area (Å²) in [5.41, 5.74) is 3.58. The van der Waals surface area contributed by atoms with Gasteiger partial charge in [0.15, 0.2) is 0 Å². The van der Waals surface area contributed by atoms with E-state index in [-0.39, 0.29) is 0 Å². The smallest absolute Gasteiger partial charge is 0.407 e. The molecule has 3 aromatic carbocycles. The molecule has 4 rings (SSSR count). The highest BCUT2D eigenvalue weighted by molar-refractivity contribution is 5.96. The van der Waals surface area contributed by atoms with Gasteiger partial charge >= 0.3 is 6.09 Å². The minimum Gasteiger partial charge on any atom is -0.465 e. The van der Waals surface area contributed by atoms with Gasteiger partial charge in [-0.15, -0.1) is 0 Å². The molecule has 0 saturated carbocycles. The highest BCUT2D eigenvalue weighted by Gasteiger charge is 2.20. The summed E-state index contributed by atoms with van der Waals surface area (Å²) in [5.74, 6) is 0. The second kappa shape index (κ2) is 6.48. The zero-order valence-corrected chi connectivity index (χ0v) is 13.9. The molecule has 1 heterocycles. The van der Waals surface area contributed by atoms with E-state index in [4.69, 9.17) is 5.11 Å². The van der Waals surface area contributed by atoms with Crippen molar-refractivity contribution in [3.05, 3.63) is 66.7 Å². The molecule has 1 aliphatic heterocycles. The van der Waals surface area contributed by atoms with Gasteiger partial charge in [0.25, 0.3) is 0 Å². The molecule has 1 fully saturated rings. The summed E-state index contributed by atoms with van der Waals surface area (Å²) in [6, 6.07) is 23.4. The van der Waals surface area contributed by atoms with Gasteiger partial charge in [0, 0.05) is 31.9 Å². The maximum atomic E-state index is 11.0. The lowest BCUT2D eigenvalue weighted by molar-refractivity contribution is 0.142. The molecule has 1 amide bonds. The highest BCUT2D eigenvalue weighted by atomic mass is 16.4. The van der Waals surface area contributed by atoms with Crippen LogP contribution in [0.4, 0.5) is 10.5 Å². The molecule has 3 aromatic rings. The van der Waals surface area contributed by atoms with Crippen LogP contribution in [0.25, 0.3) is 21.9 Å². The van der Waals surface area contributed by atoms with Gasteiger partial charge in [-0.2, -0.15) is 0 Å². The lowest BCUT2D eigenvalue weighted by Gasteiger charge is -2.34. The zero-order chi connectivity index (χ0) is 17.2. The van der Waals surface area contributed by atoms with E-state index in [1.165, 1.54) is 26.8 Å². The van der Waals surface area contributed by atoms with Crippen LogP contribution in [0.3, 0.4) is 0 Å². The topological polar surface area (TPSA) is 43.8 Å². The summed E-state index contributed by atoms with van der Waals surface area (Å²) < 4.78 is 0. The molecule has 0 aromatic heterocycles. The molecule has 0 bridgehead atoms. The number of hydrogen-bond acceptors (Lipinski definition) is 2. The van der Waals surface area contributed by atoms with E-state index in [0.29, 0.717) is 13.1 Å². The largest absolute Gasteiger partial charge is 0.465 e. The van der Waals surface area contributed by atoms with Gasteiger partial charge in [0.2, 0.25) is 0 Å². The predicted molar refractivity (Wildman–Crippen MR) is 101 cm³/mol. The van der Waals surface area contributed by atoms with Crippen molar-refractivity contribution >= 4 is 22.6 Å². The minimum absolute atomic E-state index is 0.556. The quantitative estimate of drug-likeness (QED) is 0.760. The van der Waals surface area contributed by atoms with Gasteiger partial charge in [0.05, 0.1) is 0 Å². The molecule has 0 radical (unpaired) electrons. The second-order valence-corrected chi connectivity index (χ2v) is 6.33. The van der Waals surface area contributed by atoms with E-state index in [1.807, 2.05) is 0 Å². The van der Waals surface area contributed by atoms with Crippen LogP contribution in [-0.4, -0.2) is 42.3 Å². The lowest BCUT2D eigenvalue weighted by Crippen LogP contribution is -2.48. The average Bonchev–Trinajstić information content (AvgIpc) is 2.68. The molecule has 4 nitrogen and oxygen atoms in total. The third-order valence-corrected chi connectivity index (χ3v) is 4.88. The van der Waals surface area contributed by atoms with Crippen molar-refractivity contribution in [2.24, 2.45) is 0 Å². The van der Waals surface area contributed by atoms with Gasteiger partial charge in [-0.1, -0.05) is 54.6 Å². The minimum atomic E-state index is -0.828. The van der Waals surface area contributed by atoms with Crippen molar-refractivity contribution in [1.82, 2.24) is 4.90 Å². The molecular formula is C21H20N2O2. The number of anilines is 1. The summed E-state index contributed by atoms with van der Waals surface area (Å²) in [7, 11) is 0. The Kier molecular flexibility index (Phi) is 4.02. The molecular weight excluding hydrogens is 312 g/mol. The number of amides is 1.